The van der Waals surface area contributed by atoms with Crippen molar-refractivity contribution in [2.45, 2.75) is 70.4 Å². The van der Waals surface area contributed by atoms with Crippen molar-refractivity contribution in [1.29, 1.82) is 0 Å². The highest BCUT2D eigenvalue weighted by atomic mass is 16.5. The van der Waals surface area contributed by atoms with Crippen LogP contribution in [0, 0.1) is 18.8 Å². The lowest BCUT2D eigenvalue weighted by molar-refractivity contribution is -0.135. The van der Waals surface area contributed by atoms with Crippen molar-refractivity contribution in [2.75, 3.05) is 33.3 Å². The van der Waals surface area contributed by atoms with E-state index in [1.165, 1.54) is 30.4 Å². The molecule has 1 aliphatic carbocycles. The van der Waals surface area contributed by atoms with E-state index >= 15 is 0 Å². The second-order valence-electron chi connectivity index (χ2n) is 9.81. The summed E-state index contributed by atoms with van der Waals surface area (Å²) in [5, 5.41) is 7.10. The van der Waals surface area contributed by atoms with Crippen LogP contribution in [0.4, 0.5) is 0 Å². The zero-order valence-electron chi connectivity index (χ0n) is 19.8. The predicted molar refractivity (Wildman–Crippen MR) is 129 cm³/mol. The Morgan fingerprint density at radius 2 is 1.88 bits per heavy atom. The first-order valence-electron chi connectivity index (χ1n) is 12.6. The van der Waals surface area contributed by atoms with Gasteiger partial charge in [-0.15, -0.1) is 0 Å². The number of aliphatic imine (C=N–C) groups is 1. The number of aryl methyl sites for hydroxylation is 1. The maximum Gasteiger partial charge on any atom is 0.225 e. The van der Waals surface area contributed by atoms with Crippen LogP contribution < -0.4 is 10.6 Å². The number of hydrogen-bond donors (Lipinski definition) is 2. The second-order valence-corrected chi connectivity index (χ2v) is 9.81. The minimum Gasteiger partial charge on any atom is -0.373 e. The summed E-state index contributed by atoms with van der Waals surface area (Å²) in [7, 11) is 1.82. The number of guanidine groups is 1. The first-order valence-corrected chi connectivity index (χ1v) is 12.6. The summed E-state index contributed by atoms with van der Waals surface area (Å²) in [4.78, 5) is 19.4. The zero-order valence-corrected chi connectivity index (χ0v) is 19.8. The van der Waals surface area contributed by atoms with Crippen LogP contribution in [-0.2, 0) is 9.53 Å². The molecule has 0 bridgehead atoms. The van der Waals surface area contributed by atoms with Crippen LogP contribution in [-0.4, -0.2) is 56.1 Å². The number of benzene rings is 1. The molecule has 32 heavy (non-hydrogen) atoms. The van der Waals surface area contributed by atoms with Crippen molar-refractivity contribution in [2.24, 2.45) is 16.8 Å². The van der Waals surface area contributed by atoms with Crippen LogP contribution in [0.3, 0.4) is 0 Å². The fraction of sp³-hybridized carbons (Fsp3) is 0.692. The maximum absolute atomic E-state index is 12.9. The molecule has 1 aromatic rings. The van der Waals surface area contributed by atoms with E-state index in [0.29, 0.717) is 11.8 Å². The quantitative estimate of drug-likeness (QED) is 0.540. The average molecular weight is 441 g/mol. The number of rotatable bonds is 5. The van der Waals surface area contributed by atoms with Crippen molar-refractivity contribution >= 4 is 11.9 Å². The molecule has 3 unspecified atom stereocenters. The van der Waals surface area contributed by atoms with E-state index in [1.54, 1.807) is 0 Å². The van der Waals surface area contributed by atoms with E-state index in [2.05, 4.69) is 51.7 Å². The van der Waals surface area contributed by atoms with Gasteiger partial charge in [0.25, 0.3) is 0 Å². The standard InChI is InChI=1S/C26H40N4O2/c1-19-10-12-20(13-11-19)24-22(9-6-16-32-24)17-28-26(27-2)29-23-14-15-30(18-23)25(31)21-7-4-3-5-8-21/h10-13,21-24H,3-9,14-18H2,1-2H3,(H2,27,28,29). The summed E-state index contributed by atoms with van der Waals surface area (Å²) in [6, 6.07) is 8.99. The Bertz CT molecular complexity index is 773. The van der Waals surface area contributed by atoms with E-state index in [9.17, 15) is 4.79 Å². The number of carbonyl (C=O) groups excluding carboxylic acids is 1. The van der Waals surface area contributed by atoms with Crippen LogP contribution in [0.25, 0.3) is 0 Å². The lowest BCUT2D eigenvalue weighted by atomic mass is 9.88. The normalized spacial score (nSPS) is 27.4. The van der Waals surface area contributed by atoms with Crippen LogP contribution in [0.5, 0.6) is 0 Å². The Morgan fingerprint density at radius 3 is 2.62 bits per heavy atom. The first kappa shape index (κ1) is 23.1. The van der Waals surface area contributed by atoms with E-state index in [0.717, 1.165) is 64.3 Å². The van der Waals surface area contributed by atoms with Crippen molar-refractivity contribution in [3.63, 3.8) is 0 Å². The molecule has 1 saturated carbocycles. The predicted octanol–water partition coefficient (Wildman–Crippen LogP) is 3.81. The molecule has 4 rings (SSSR count). The number of amides is 1. The molecular weight excluding hydrogens is 400 g/mol. The Balaban J connectivity index is 1.27. The van der Waals surface area contributed by atoms with Gasteiger partial charge in [0.1, 0.15) is 0 Å². The highest BCUT2D eigenvalue weighted by molar-refractivity contribution is 5.81. The van der Waals surface area contributed by atoms with Gasteiger partial charge < -0.3 is 20.3 Å². The van der Waals surface area contributed by atoms with Gasteiger partial charge in [-0.3, -0.25) is 9.79 Å². The largest absolute Gasteiger partial charge is 0.373 e. The lowest BCUT2D eigenvalue weighted by Gasteiger charge is -2.33. The maximum atomic E-state index is 12.9. The zero-order chi connectivity index (χ0) is 22.3. The molecule has 6 nitrogen and oxygen atoms in total. The molecule has 1 amide bonds. The van der Waals surface area contributed by atoms with Gasteiger partial charge in [-0.05, 0) is 44.6 Å². The van der Waals surface area contributed by atoms with Crippen molar-refractivity contribution in [3.05, 3.63) is 35.4 Å². The number of ether oxygens (including phenoxy) is 1. The van der Waals surface area contributed by atoms with Gasteiger partial charge in [-0.1, -0.05) is 49.1 Å². The van der Waals surface area contributed by atoms with Gasteiger partial charge in [0.2, 0.25) is 5.91 Å². The molecule has 1 aromatic carbocycles. The molecule has 2 N–H and O–H groups in total. The molecule has 3 aliphatic rings. The van der Waals surface area contributed by atoms with Gasteiger partial charge in [-0.25, -0.2) is 0 Å². The van der Waals surface area contributed by atoms with Gasteiger partial charge >= 0.3 is 0 Å². The SMILES string of the molecule is CN=C(NCC1CCCOC1c1ccc(C)cc1)NC1CCN(C(=O)C2CCCCC2)C1. The number of hydrogen-bond acceptors (Lipinski definition) is 3. The van der Waals surface area contributed by atoms with Crippen LogP contribution in [0.15, 0.2) is 29.3 Å². The first-order chi connectivity index (χ1) is 15.6. The smallest absolute Gasteiger partial charge is 0.225 e. The average Bonchev–Trinajstić information content (AvgIpc) is 3.31. The monoisotopic (exact) mass is 440 g/mol. The van der Waals surface area contributed by atoms with E-state index in [1.807, 2.05) is 7.05 Å². The van der Waals surface area contributed by atoms with Crippen molar-refractivity contribution in [1.82, 2.24) is 15.5 Å². The molecule has 6 heteroatoms. The molecule has 2 aliphatic heterocycles. The summed E-state index contributed by atoms with van der Waals surface area (Å²) >= 11 is 0. The minimum atomic E-state index is 0.130. The molecule has 2 heterocycles. The third-order valence-corrected chi connectivity index (χ3v) is 7.40. The third kappa shape index (κ3) is 5.83. The van der Waals surface area contributed by atoms with E-state index < -0.39 is 0 Å². The summed E-state index contributed by atoms with van der Waals surface area (Å²) in [5.41, 5.74) is 2.54. The minimum absolute atomic E-state index is 0.130. The van der Waals surface area contributed by atoms with Crippen LogP contribution >= 0.6 is 0 Å². The number of likely N-dealkylation sites (tertiary alicyclic amines) is 1. The molecule has 3 atom stereocenters. The highest BCUT2D eigenvalue weighted by Gasteiger charge is 2.32. The summed E-state index contributed by atoms with van der Waals surface area (Å²) in [5.74, 6) is 1.87. The lowest BCUT2D eigenvalue weighted by Crippen LogP contribution is -2.47. The molecule has 0 aromatic heterocycles. The topological polar surface area (TPSA) is 66.0 Å². The van der Waals surface area contributed by atoms with E-state index in [-0.39, 0.29) is 18.1 Å². The van der Waals surface area contributed by atoms with Crippen LogP contribution in [0.2, 0.25) is 0 Å². The number of nitrogens with zero attached hydrogens (tertiary/aromatic N) is 2. The van der Waals surface area contributed by atoms with Gasteiger partial charge in [-0.2, -0.15) is 0 Å². The Morgan fingerprint density at radius 1 is 1.09 bits per heavy atom. The fourth-order valence-electron chi connectivity index (χ4n) is 5.48. The van der Waals surface area contributed by atoms with Crippen molar-refractivity contribution < 1.29 is 9.53 Å². The molecule has 0 spiro atoms. The van der Waals surface area contributed by atoms with Gasteiger partial charge in [0.05, 0.1) is 6.10 Å². The van der Waals surface area contributed by atoms with Gasteiger partial charge in [0.15, 0.2) is 5.96 Å². The second kappa shape index (κ2) is 11.2. The Labute approximate surface area is 193 Å². The highest BCUT2D eigenvalue weighted by Crippen LogP contribution is 2.33. The van der Waals surface area contributed by atoms with E-state index in [4.69, 9.17) is 4.74 Å². The Hall–Kier alpha value is -2.08. The summed E-state index contributed by atoms with van der Waals surface area (Å²) in [6.45, 7) is 5.42. The summed E-state index contributed by atoms with van der Waals surface area (Å²) in [6.07, 6.45) is 9.20. The molecule has 176 valence electrons. The fourth-order valence-corrected chi connectivity index (χ4v) is 5.48. The third-order valence-electron chi connectivity index (χ3n) is 7.40. The number of carbonyl (C=O) groups is 1. The molecule has 2 saturated heterocycles. The molecule has 3 fully saturated rings. The van der Waals surface area contributed by atoms with Crippen molar-refractivity contribution in [3.8, 4) is 0 Å². The molecule has 0 radical (unpaired) electrons. The number of nitrogens with one attached hydrogen (secondary N) is 2. The van der Waals surface area contributed by atoms with Gasteiger partial charge in [0, 0.05) is 51.2 Å². The Kier molecular flexibility index (Phi) is 8.06. The summed E-state index contributed by atoms with van der Waals surface area (Å²) < 4.78 is 6.17. The molecular formula is C26H40N4O2. The van der Waals surface area contributed by atoms with Crippen LogP contribution in [0.1, 0.15) is 68.6 Å².